The third-order valence-electron chi connectivity index (χ3n) is 2.23. The van der Waals surface area contributed by atoms with Crippen molar-refractivity contribution >= 4 is 18.5 Å². The van der Waals surface area contributed by atoms with Gasteiger partial charge in [0, 0.05) is 5.92 Å². The third kappa shape index (κ3) is 5.53. The van der Waals surface area contributed by atoms with Crippen LogP contribution in [0.2, 0.25) is 0 Å². The Balaban J connectivity index is 4.37. The highest BCUT2D eigenvalue weighted by atomic mass is 32.1. The molecular weight excluding hydrogens is 194 g/mol. The zero-order chi connectivity index (χ0) is 11.4. The normalized spacial score (nSPS) is 14.2. The van der Waals surface area contributed by atoms with Gasteiger partial charge in [-0.15, -0.1) is 0 Å². The van der Waals surface area contributed by atoms with Gasteiger partial charge in [0.2, 0.25) is 5.91 Å². The molecule has 0 saturated carbocycles. The molecule has 84 valence electrons. The summed E-state index contributed by atoms with van der Waals surface area (Å²) in [6.07, 6.45) is 0.921. The Kier molecular flexibility index (Phi) is 5.57. The number of hydrogen-bond donors (Lipinski definition) is 2. The number of rotatable bonds is 4. The first kappa shape index (κ1) is 13.8. The summed E-state index contributed by atoms with van der Waals surface area (Å²) in [6, 6.07) is 0. The minimum atomic E-state index is 0.0992. The number of amides is 1. The van der Waals surface area contributed by atoms with Crippen LogP contribution in [0.1, 0.15) is 41.0 Å². The lowest BCUT2D eigenvalue weighted by Crippen LogP contribution is -2.35. The van der Waals surface area contributed by atoms with E-state index in [0.29, 0.717) is 11.8 Å². The van der Waals surface area contributed by atoms with Crippen molar-refractivity contribution in [1.29, 1.82) is 0 Å². The molecule has 0 aromatic heterocycles. The number of carbonyl (C=O) groups excluding carboxylic acids is 1. The quantitative estimate of drug-likeness (QED) is 0.550. The van der Waals surface area contributed by atoms with Crippen LogP contribution in [-0.4, -0.2) is 11.8 Å². The fourth-order valence-electron chi connectivity index (χ4n) is 1.50. The summed E-state index contributed by atoms with van der Waals surface area (Å²) in [6.45, 7) is 10.7. The molecule has 1 atom stereocenters. The molecule has 0 spiro atoms. The van der Waals surface area contributed by atoms with Gasteiger partial charge >= 0.3 is 0 Å². The van der Waals surface area contributed by atoms with Gasteiger partial charge in [0.05, 0.1) is 5.88 Å². The standard InChI is InChI=1S/C11H23NOS/c1-8(2)9(6-11(3,4)5)10(13)12-7-14/h8-9,14H,6-7H2,1-5H3,(H,12,13). The molecule has 0 aliphatic rings. The van der Waals surface area contributed by atoms with Crippen molar-refractivity contribution in [3.05, 3.63) is 0 Å². The molecule has 14 heavy (non-hydrogen) atoms. The van der Waals surface area contributed by atoms with Gasteiger partial charge in [0.25, 0.3) is 0 Å². The van der Waals surface area contributed by atoms with Crippen molar-refractivity contribution in [3.8, 4) is 0 Å². The Labute approximate surface area is 93.3 Å². The maximum absolute atomic E-state index is 11.7. The first-order valence-electron chi connectivity index (χ1n) is 5.16. The van der Waals surface area contributed by atoms with Crippen LogP contribution >= 0.6 is 12.6 Å². The van der Waals surface area contributed by atoms with E-state index < -0.39 is 0 Å². The first-order chi connectivity index (χ1) is 6.28. The highest BCUT2D eigenvalue weighted by Gasteiger charge is 2.26. The zero-order valence-electron chi connectivity index (χ0n) is 9.92. The SMILES string of the molecule is CC(C)C(CC(C)(C)C)C(=O)NCS. The number of nitrogens with one attached hydrogen (secondary N) is 1. The Bertz CT molecular complexity index is 184. The molecule has 2 nitrogen and oxygen atoms in total. The summed E-state index contributed by atoms with van der Waals surface area (Å²) < 4.78 is 0. The Morgan fingerprint density at radius 2 is 1.86 bits per heavy atom. The van der Waals surface area contributed by atoms with Crippen LogP contribution in [0.15, 0.2) is 0 Å². The fraction of sp³-hybridized carbons (Fsp3) is 0.909. The summed E-state index contributed by atoms with van der Waals surface area (Å²) in [7, 11) is 0. The van der Waals surface area contributed by atoms with Gasteiger partial charge in [-0.2, -0.15) is 12.6 Å². The van der Waals surface area contributed by atoms with Crippen molar-refractivity contribution in [1.82, 2.24) is 5.32 Å². The summed E-state index contributed by atoms with van der Waals surface area (Å²) in [5.74, 6) is 1.04. The van der Waals surface area contributed by atoms with Crippen LogP contribution in [0.4, 0.5) is 0 Å². The van der Waals surface area contributed by atoms with E-state index in [0.717, 1.165) is 6.42 Å². The lowest BCUT2D eigenvalue weighted by molar-refractivity contribution is -0.127. The maximum atomic E-state index is 11.7. The minimum absolute atomic E-state index is 0.0992. The summed E-state index contributed by atoms with van der Waals surface area (Å²) >= 11 is 4.00. The topological polar surface area (TPSA) is 29.1 Å². The largest absolute Gasteiger partial charge is 0.347 e. The van der Waals surface area contributed by atoms with Crippen molar-refractivity contribution in [3.63, 3.8) is 0 Å². The predicted molar refractivity (Wildman–Crippen MR) is 64.4 cm³/mol. The molecule has 1 unspecified atom stereocenters. The van der Waals surface area contributed by atoms with Crippen molar-refractivity contribution in [2.45, 2.75) is 41.0 Å². The summed E-state index contributed by atoms with van der Waals surface area (Å²) in [5.41, 5.74) is 0.197. The van der Waals surface area contributed by atoms with Crippen LogP contribution < -0.4 is 5.32 Å². The van der Waals surface area contributed by atoms with Crippen LogP contribution in [-0.2, 0) is 4.79 Å². The second kappa shape index (κ2) is 5.64. The zero-order valence-corrected chi connectivity index (χ0v) is 10.8. The van der Waals surface area contributed by atoms with E-state index >= 15 is 0 Å². The Morgan fingerprint density at radius 1 is 1.36 bits per heavy atom. The molecule has 0 aliphatic heterocycles. The van der Waals surface area contributed by atoms with E-state index in [2.05, 4.69) is 52.6 Å². The van der Waals surface area contributed by atoms with E-state index in [1.165, 1.54) is 0 Å². The number of carbonyl (C=O) groups is 1. The molecule has 3 heteroatoms. The van der Waals surface area contributed by atoms with E-state index in [-0.39, 0.29) is 17.2 Å². The van der Waals surface area contributed by atoms with Gasteiger partial charge in [-0.3, -0.25) is 4.79 Å². The maximum Gasteiger partial charge on any atom is 0.224 e. The van der Waals surface area contributed by atoms with Crippen LogP contribution in [0.5, 0.6) is 0 Å². The van der Waals surface area contributed by atoms with Crippen LogP contribution in [0, 0.1) is 17.3 Å². The summed E-state index contributed by atoms with van der Waals surface area (Å²) in [5, 5.41) is 2.77. The second-order valence-electron chi connectivity index (χ2n) is 5.31. The number of thiol groups is 1. The predicted octanol–water partition coefficient (Wildman–Crippen LogP) is 2.70. The van der Waals surface area contributed by atoms with Gasteiger partial charge in [-0.1, -0.05) is 34.6 Å². The highest BCUT2D eigenvalue weighted by molar-refractivity contribution is 7.80. The molecule has 0 fully saturated rings. The van der Waals surface area contributed by atoms with E-state index in [9.17, 15) is 4.79 Å². The van der Waals surface area contributed by atoms with Crippen LogP contribution in [0.25, 0.3) is 0 Å². The van der Waals surface area contributed by atoms with Gasteiger partial charge in [0.1, 0.15) is 0 Å². The van der Waals surface area contributed by atoms with E-state index in [1.807, 2.05) is 0 Å². The number of hydrogen-bond acceptors (Lipinski definition) is 2. The van der Waals surface area contributed by atoms with Crippen molar-refractivity contribution in [2.24, 2.45) is 17.3 Å². The van der Waals surface area contributed by atoms with Crippen molar-refractivity contribution in [2.75, 3.05) is 5.88 Å². The molecule has 0 saturated heterocycles. The second-order valence-corrected chi connectivity index (χ2v) is 5.63. The van der Waals surface area contributed by atoms with Gasteiger partial charge < -0.3 is 5.32 Å². The van der Waals surface area contributed by atoms with Gasteiger partial charge in [-0.05, 0) is 17.8 Å². The molecule has 0 rings (SSSR count). The highest BCUT2D eigenvalue weighted by Crippen LogP contribution is 2.28. The monoisotopic (exact) mass is 217 g/mol. The Hall–Kier alpha value is -0.180. The minimum Gasteiger partial charge on any atom is -0.347 e. The van der Waals surface area contributed by atoms with Crippen molar-refractivity contribution < 1.29 is 4.79 Å². The third-order valence-corrected chi connectivity index (χ3v) is 2.39. The molecule has 0 bridgehead atoms. The van der Waals surface area contributed by atoms with Gasteiger partial charge in [0.15, 0.2) is 0 Å². The molecule has 0 aromatic rings. The molecule has 1 amide bonds. The fourth-order valence-corrected chi connectivity index (χ4v) is 1.66. The molecule has 0 aliphatic carbocycles. The van der Waals surface area contributed by atoms with Crippen LogP contribution in [0.3, 0.4) is 0 Å². The molecule has 0 heterocycles. The average molecular weight is 217 g/mol. The van der Waals surface area contributed by atoms with E-state index in [4.69, 9.17) is 0 Å². The molecule has 0 radical (unpaired) electrons. The lowest BCUT2D eigenvalue weighted by Gasteiger charge is -2.27. The average Bonchev–Trinajstić information content (AvgIpc) is 1.98. The van der Waals surface area contributed by atoms with Gasteiger partial charge in [-0.25, -0.2) is 0 Å². The lowest BCUT2D eigenvalue weighted by atomic mass is 9.79. The molecule has 0 aromatic carbocycles. The smallest absolute Gasteiger partial charge is 0.224 e. The first-order valence-corrected chi connectivity index (χ1v) is 5.79. The Morgan fingerprint density at radius 3 is 2.14 bits per heavy atom. The molecule has 1 N–H and O–H groups in total. The molecular formula is C11H23NOS. The summed E-state index contributed by atoms with van der Waals surface area (Å²) in [4.78, 5) is 11.7. The van der Waals surface area contributed by atoms with E-state index in [1.54, 1.807) is 0 Å².